The number of hydrogen-bond donors (Lipinski definition) is 3. The summed E-state index contributed by atoms with van der Waals surface area (Å²) in [6, 6.07) is -1.58. The molecule has 98 valence electrons. The van der Waals surface area contributed by atoms with Crippen LogP contribution in [0.15, 0.2) is 23.7 Å². The van der Waals surface area contributed by atoms with Crippen molar-refractivity contribution >= 4 is 0 Å². The third kappa shape index (κ3) is 3.85. The van der Waals surface area contributed by atoms with Crippen molar-refractivity contribution in [3.8, 4) is 0 Å². The van der Waals surface area contributed by atoms with Gasteiger partial charge in [0, 0.05) is 25.3 Å². The highest BCUT2D eigenvalue weighted by Crippen LogP contribution is 2.27. The van der Waals surface area contributed by atoms with Gasteiger partial charge in [-0.1, -0.05) is 0 Å². The van der Waals surface area contributed by atoms with Gasteiger partial charge in [-0.05, 0) is 19.1 Å². The Labute approximate surface area is 98.1 Å². The van der Waals surface area contributed by atoms with Crippen molar-refractivity contribution in [2.24, 2.45) is 11.5 Å². The molecule has 0 saturated carbocycles. The van der Waals surface area contributed by atoms with Crippen molar-refractivity contribution in [1.82, 2.24) is 10.2 Å². The molecule has 1 saturated heterocycles. The topological polar surface area (TPSA) is 67.3 Å². The minimum absolute atomic E-state index is 0.0821. The zero-order valence-electron chi connectivity index (χ0n) is 9.59. The molecule has 17 heavy (non-hydrogen) atoms. The first kappa shape index (κ1) is 13.7. The van der Waals surface area contributed by atoms with E-state index in [-0.39, 0.29) is 18.9 Å². The highest BCUT2D eigenvalue weighted by Gasteiger charge is 2.44. The van der Waals surface area contributed by atoms with E-state index in [1.165, 1.54) is 12.2 Å². The first-order valence-corrected chi connectivity index (χ1v) is 5.26. The van der Waals surface area contributed by atoms with Crippen molar-refractivity contribution in [3.63, 3.8) is 0 Å². The lowest BCUT2D eigenvalue weighted by Gasteiger charge is -2.38. The molecule has 0 aliphatic carbocycles. The molecule has 4 nitrogen and oxygen atoms in total. The Morgan fingerprint density at radius 3 is 2.53 bits per heavy atom. The van der Waals surface area contributed by atoms with Gasteiger partial charge in [0.25, 0.3) is 0 Å². The predicted octanol–water partition coefficient (Wildman–Crippen LogP) is 0.485. The van der Waals surface area contributed by atoms with E-state index in [0.717, 1.165) is 4.90 Å². The van der Waals surface area contributed by atoms with Gasteiger partial charge < -0.3 is 21.7 Å². The van der Waals surface area contributed by atoms with Crippen molar-refractivity contribution in [3.05, 3.63) is 23.7 Å². The molecule has 0 spiro atoms. The molecular weight excluding hydrogens is 233 g/mol. The van der Waals surface area contributed by atoms with Crippen LogP contribution in [0.25, 0.3) is 0 Å². The smallest absolute Gasteiger partial charge is 0.402 e. The van der Waals surface area contributed by atoms with Crippen LogP contribution in [0.4, 0.5) is 13.2 Å². The van der Waals surface area contributed by atoms with Crippen LogP contribution in [0, 0.1) is 0 Å². The quantitative estimate of drug-likeness (QED) is 0.624. The Bertz CT molecular complexity index is 318. The summed E-state index contributed by atoms with van der Waals surface area (Å²) in [4.78, 5) is 1.15. The number of rotatable bonds is 2. The molecule has 5 N–H and O–H groups in total. The van der Waals surface area contributed by atoms with Crippen LogP contribution in [0.2, 0.25) is 0 Å². The van der Waals surface area contributed by atoms with E-state index < -0.39 is 12.2 Å². The van der Waals surface area contributed by atoms with Crippen LogP contribution < -0.4 is 16.8 Å². The molecule has 0 bridgehead atoms. The Balaban J connectivity index is 2.85. The maximum absolute atomic E-state index is 12.7. The standard InChI is InChI=1S/C10H17F3N4/c1-7(14)2-3-9(15)17-5-4-16-6-8(17)10(11,12)13/h2-3,8,16H,4-6,14-15H2,1H3/b7-2-,9-3+. The second-order valence-electron chi connectivity index (χ2n) is 3.96. The zero-order valence-corrected chi connectivity index (χ0v) is 9.59. The van der Waals surface area contributed by atoms with Crippen molar-refractivity contribution in [2.75, 3.05) is 19.6 Å². The monoisotopic (exact) mass is 250 g/mol. The molecular formula is C10H17F3N4. The number of piperazine rings is 1. The Hall–Kier alpha value is -1.37. The number of allylic oxidation sites excluding steroid dienone is 3. The van der Waals surface area contributed by atoms with E-state index in [0.29, 0.717) is 12.2 Å². The lowest BCUT2D eigenvalue weighted by atomic mass is 10.2. The highest BCUT2D eigenvalue weighted by molar-refractivity contribution is 5.14. The number of halogens is 3. The van der Waals surface area contributed by atoms with E-state index in [2.05, 4.69) is 5.32 Å². The van der Waals surface area contributed by atoms with E-state index >= 15 is 0 Å². The van der Waals surface area contributed by atoms with Gasteiger partial charge in [-0.25, -0.2) is 0 Å². The molecule has 1 aliphatic heterocycles. The number of nitrogens with two attached hydrogens (primary N) is 2. The third-order valence-corrected chi connectivity index (χ3v) is 2.47. The Morgan fingerprint density at radius 2 is 2.00 bits per heavy atom. The molecule has 1 aliphatic rings. The second kappa shape index (κ2) is 5.31. The molecule has 1 rings (SSSR count). The minimum atomic E-state index is -4.30. The fraction of sp³-hybridized carbons (Fsp3) is 0.600. The average Bonchev–Trinajstić information content (AvgIpc) is 2.24. The molecule has 1 heterocycles. The summed E-state index contributed by atoms with van der Waals surface area (Å²) in [5.41, 5.74) is 11.5. The van der Waals surface area contributed by atoms with Gasteiger partial charge >= 0.3 is 6.18 Å². The molecule has 0 aromatic heterocycles. The highest BCUT2D eigenvalue weighted by atomic mass is 19.4. The normalized spacial score (nSPS) is 24.0. The lowest BCUT2D eigenvalue weighted by Crippen LogP contribution is -2.58. The number of nitrogens with one attached hydrogen (secondary N) is 1. The summed E-state index contributed by atoms with van der Waals surface area (Å²) < 4.78 is 38.2. The van der Waals surface area contributed by atoms with Crippen molar-refractivity contribution in [1.29, 1.82) is 0 Å². The van der Waals surface area contributed by atoms with Gasteiger partial charge in [-0.3, -0.25) is 0 Å². The van der Waals surface area contributed by atoms with Gasteiger partial charge in [0.05, 0.1) is 5.82 Å². The summed E-state index contributed by atoms with van der Waals surface area (Å²) in [5, 5.41) is 2.71. The fourth-order valence-corrected chi connectivity index (χ4v) is 1.62. The molecule has 1 fully saturated rings. The minimum Gasteiger partial charge on any atom is -0.402 e. The molecule has 7 heteroatoms. The summed E-state index contributed by atoms with van der Waals surface area (Å²) in [6.07, 6.45) is -1.41. The van der Waals surface area contributed by atoms with Gasteiger partial charge in [-0.2, -0.15) is 13.2 Å². The molecule has 0 aromatic rings. The predicted molar refractivity (Wildman–Crippen MR) is 59.6 cm³/mol. The van der Waals surface area contributed by atoms with Crippen LogP contribution in [0.5, 0.6) is 0 Å². The first-order valence-electron chi connectivity index (χ1n) is 5.26. The Morgan fingerprint density at radius 1 is 1.35 bits per heavy atom. The second-order valence-corrected chi connectivity index (χ2v) is 3.96. The number of hydrogen-bond acceptors (Lipinski definition) is 4. The average molecular weight is 250 g/mol. The third-order valence-electron chi connectivity index (χ3n) is 2.47. The summed E-state index contributed by atoms with van der Waals surface area (Å²) >= 11 is 0. The summed E-state index contributed by atoms with van der Waals surface area (Å²) in [7, 11) is 0. The molecule has 1 atom stereocenters. The zero-order chi connectivity index (χ0) is 13.1. The largest absolute Gasteiger partial charge is 0.410 e. The lowest BCUT2D eigenvalue weighted by molar-refractivity contribution is -0.181. The molecule has 0 amide bonds. The van der Waals surface area contributed by atoms with Crippen molar-refractivity contribution in [2.45, 2.75) is 19.1 Å². The molecule has 0 aromatic carbocycles. The first-order chi connectivity index (χ1) is 7.82. The maximum atomic E-state index is 12.7. The molecule has 0 radical (unpaired) electrons. The van der Waals surface area contributed by atoms with Gasteiger partial charge in [0.2, 0.25) is 0 Å². The number of nitrogens with zero attached hydrogens (tertiary/aromatic N) is 1. The van der Waals surface area contributed by atoms with Gasteiger partial charge in [0.15, 0.2) is 0 Å². The summed E-state index contributed by atoms with van der Waals surface area (Å²) in [6.45, 7) is 2.20. The van der Waals surface area contributed by atoms with E-state index in [1.54, 1.807) is 6.92 Å². The van der Waals surface area contributed by atoms with E-state index in [9.17, 15) is 13.2 Å². The molecule has 1 unspecified atom stereocenters. The van der Waals surface area contributed by atoms with Crippen LogP contribution >= 0.6 is 0 Å². The van der Waals surface area contributed by atoms with Crippen LogP contribution in [0.3, 0.4) is 0 Å². The van der Waals surface area contributed by atoms with Gasteiger partial charge in [-0.15, -0.1) is 0 Å². The SMILES string of the molecule is C/C(N)=C/C=C(\N)N1CCNCC1C(F)(F)F. The van der Waals surface area contributed by atoms with E-state index in [1.807, 2.05) is 0 Å². The summed E-state index contributed by atoms with van der Waals surface area (Å²) in [5.74, 6) is 0.0821. The van der Waals surface area contributed by atoms with Crippen LogP contribution in [0.1, 0.15) is 6.92 Å². The van der Waals surface area contributed by atoms with Gasteiger partial charge in [0.1, 0.15) is 6.04 Å². The van der Waals surface area contributed by atoms with Crippen LogP contribution in [-0.2, 0) is 0 Å². The van der Waals surface area contributed by atoms with Crippen molar-refractivity contribution < 1.29 is 13.2 Å². The number of alkyl halides is 3. The fourth-order valence-electron chi connectivity index (χ4n) is 1.62. The van der Waals surface area contributed by atoms with E-state index in [4.69, 9.17) is 11.5 Å². The maximum Gasteiger partial charge on any atom is 0.410 e. The Kier molecular flexibility index (Phi) is 4.28. The van der Waals surface area contributed by atoms with Crippen LogP contribution in [-0.4, -0.2) is 36.8 Å².